The molecule has 21 heavy (non-hydrogen) atoms. The summed E-state index contributed by atoms with van der Waals surface area (Å²) in [6.07, 6.45) is 1.55. The van der Waals surface area contributed by atoms with Crippen LogP contribution < -0.4 is 9.03 Å². The number of nitrogens with one attached hydrogen (secondary N) is 1. The van der Waals surface area contributed by atoms with E-state index in [2.05, 4.69) is 4.72 Å². The second-order valence-electron chi connectivity index (χ2n) is 4.50. The van der Waals surface area contributed by atoms with Crippen LogP contribution in [0.3, 0.4) is 0 Å². The van der Waals surface area contributed by atoms with Gasteiger partial charge >= 0.3 is 0 Å². The van der Waals surface area contributed by atoms with Crippen LogP contribution in [0.4, 0.5) is 5.69 Å². The molecule has 0 aliphatic carbocycles. The van der Waals surface area contributed by atoms with Crippen molar-refractivity contribution in [3.63, 3.8) is 0 Å². The first kappa shape index (κ1) is 18.2. The fourth-order valence-electron chi connectivity index (χ4n) is 1.76. The average molecular weight is 355 g/mol. The Morgan fingerprint density at radius 3 is 2.33 bits per heavy atom. The van der Waals surface area contributed by atoms with Crippen molar-refractivity contribution in [3.8, 4) is 0 Å². The average Bonchev–Trinajstić information content (AvgIpc) is 2.34. The maximum atomic E-state index is 11.9. The number of hydrogen-bond acceptors (Lipinski definition) is 4. The van der Waals surface area contributed by atoms with Gasteiger partial charge in [0.2, 0.25) is 20.0 Å². The molecule has 0 fully saturated rings. The Kier molecular flexibility index (Phi) is 6.45. The van der Waals surface area contributed by atoms with Crippen molar-refractivity contribution in [1.82, 2.24) is 4.72 Å². The highest BCUT2D eigenvalue weighted by atomic mass is 35.5. The van der Waals surface area contributed by atoms with E-state index < -0.39 is 20.0 Å². The number of benzene rings is 1. The van der Waals surface area contributed by atoms with E-state index in [0.717, 1.165) is 10.6 Å². The third kappa shape index (κ3) is 5.82. The van der Waals surface area contributed by atoms with Gasteiger partial charge in [-0.3, -0.25) is 4.31 Å². The lowest BCUT2D eigenvalue weighted by Crippen LogP contribution is -2.38. The smallest absolute Gasteiger partial charge is 0.232 e. The number of para-hydroxylation sites is 1. The first-order chi connectivity index (χ1) is 9.67. The first-order valence-corrected chi connectivity index (χ1v) is 10.2. The van der Waals surface area contributed by atoms with Gasteiger partial charge in [0.25, 0.3) is 0 Å². The van der Waals surface area contributed by atoms with Gasteiger partial charge in [0.1, 0.15) is 0 Å². The summed E-state index contributed by atoms with van der Waals surface area (Å²) in [5.74, 6) is 0.0119. The Labute approximate surface area is 131 Å². The van der Waals surface area contributed by atoms with Crippen molar-refractivity contribution in [2.45, 2.75) is 13.3 Å². The number of halogens is 1. The minimum atomic E-state index is -3.56. The predicted molar refractivity (Wildman–Crippen MR) is 85.7 cm³/mol. The number of rotatable bonds is 8. The molecule has 0 heterocycles. The van der Waals surface area contributed by atoms with Crippen molar-refractivity contribution >= 4 is 37.3 Å². The molecule has 0 amide bonds. The Hall–Kier alpha value is -0.830. The van der Waals surface area contributed by atoms with Crippen LogP contribution in [-0.4, -0.2) is 41.9 Å². The zero-order valence-corrected chi connectivity index (χ0v) is 14.3. The molecule has 1 aromatic rings. The molecule has 6 nitrogen and oxygen atoms in total. The van der Waals surface area contributed by atoms with E-state index in [1.54, 1.807) is 31.2 Å². The first-order valence-electron chi connectivity index (χ1n) is 6.37. The van der Waals surface area contributed by atoms with Crippen LogP contribution in [0.5, 0.6) is 0 Å². The topological polar surface area (TPSA) is 83.6 Å². The van der Waals surface area contributed by atoms with Gasteiger partial charge in [-0.25, -0.2) is 21.6 Å². The standard InChI is InChI=1S/C12H19ClN2O4S2/c1-3-10-21(18,19)14-8-9-15(20(2,16)17)12-7-5-4-6-11(12)13/h4-7,14H,3,8-10H2,1-2H3. The maximum Gasteiger partial charge on any atom is 0.232 e. The Morgan fingerprint density at radius 2 is 1.81 bits per heavy atom. The van der Waals surface area contributed by atoms with E-state index in [9.17, 15) is 16.8 Å². The molecular formula is C12H19ClN2O4S2. The molecule has 0 aliphatic rings. The van der Waals surface area contributed by atoms with Crippen LogP contribution in [0.15, 0.2) is 24.3 Å². The lowest BCUT2D eigenvalue weighted by Gasteiger charge is -2.23. The largest absolute Gasteiger partial charge is 0.268 e. The lowest BCUT2D eigenvalue weighted by molar-refractivity contribution is 0.577. The van der Waals surface area contributed by atoms with Gasteiger partial charge in [-0.05, 0) is 18.6 Å². The monoisotopic (exact) mass is 354 g/mol. The summed E-state index contributed by atoms with van der Waals surface area (Å²) < 4.78 is 50.3. The van der Waals surface area contributed by atoms with Crippen molar-refractivity contribution in [1.29, 1.82) is 0 Å². The van der Waals surface area contributed by atoms with Crippen LogP contribution in [0.25, 0.3) is 0 Å². The summed E-state index contributed by atoms with van der Waals surface area (Å²) in [6.45, 7) is 1.72. The lowest BCUT2D eigenvalue weighted by atomic mass is 10.3. The third-order valence-electron chi connectivity index (χ3n) is 2.63. The zero-order chi connectivity index (χ0) is 16.1. The normalized spacial score (nSPS) is 12.3. The number of sulfonamides is 2. The third-order valence-corrected chi connectivity index (χ3v) is 5.72. The molecule has 0 saturated carbocycles. The van der Waals surface area contributed by atoms with Crippen molar-refractivity contribution in [2.75, 3.05) is 29.4 Å². The molecule has 0 aromatic heterocycles. The summed E-state index contributed by atoms with van der Waals surface area (Å²) in [5, 5.41) is 0.291. The second kappa shape index (κ2) is 7.44. The number of hydrogen-bond donors (Lipinski definition) is 1. The molecule has 1 rings (SSSR count). The molecule has 9 heteroatoms. The molecule has 0 saturated heterocycles. The highest BCUT2D eigenvalue weighted by Gasteiger charge is 2.20. The SMILES string of the molecule is CCCS(=O)(=O)NCCN(c1ccccc1Cl)S(C)(=O)=O. The highest BCUT2D eigenvalue weighted by molar-refractivity contribution is 7.92. The van der Waals surface area contributed by atoms with Crippen LogP contribution in [0.1, 0.15) is 13.3 Å². The van der Waals surface area contributed by atoms with Crippen molar-refractivity contribution < 1.29 is 16.8 Å². The van der Waals surface area contributed by atoms with Gasteiger partial charge in [0.15, 0.2) is 0 Å². The molecule has 0 unspecified atom stereocenters. The van der Waals surface area contributed by atoms with Gasteiger partial charge in [0.05, 0.1) is 22.7 Å². The van der Waals surface area contributed by atoms with Gasteiger partial charge < -0.3 is 0 Å². The molecule has 0 aliphatic heterocycles. The van der Waals surface area contributed by atoms with E-state index in [4.69, 9.17) is 11.6 Å². The predicted octanol–water partition coefficient (Wildman–Crippen LogP) is 1.44. The minimum absolute atomic E-state index is 0.0119. The molecule has 1 aromatic carbocycles. The fourth-order valence-corrected chi connectivity index (χ4v) is 4.07. The van der Waals surface area contributed by atoms with E-state index in [1.807, 2.05) is 0 Å². The molecule has 0 radical (unpaired) electrons. The zero-order valence-electron chi connectivity index (χ0n) is 11.9. The Morgan fingerprint density at radius 1 is 1.19 bits per heavy atom. The molecule has 120 valence electrons. The number of anilines is 1. The Bertz CT molecular complexity index is 674. The molecular weight excluding hydrogens is 336 g/mol. The summed E-state index contributed by atoms with van der Waals surface area (Å²) in [5.41, 5.74) is 0.330. The summed E-state index contributed by atoms with van der Waals surface area (Å²) >= 11 is 6.00. The summed E-state index contributed by atoms with van der Waals surface area (Å²) in [4.78, 5) is 0. The quantitative estimate of drug-likeness (QED) is 0.765. The van der Waals surface area contributed by atoms with Crippen LogP contribution in [0.2, 0.25) is 5.02 Å². The van der Waals surface area contributed by atoms with Gasteiger partial charge in [-0.15, -0.1) is 0 Å². The van der Waals surface area contributed by atoms with E-state index in [-0.39, 0.29) is 18.8 Å². The minimum Gasteiger partial charge on any atom is -0.268 e. The van der Waals surface area contributed by atoms with E-state index in [0.29, 0.717) is 17.1 Å². The summed E-state index contributed by atoms with van der Waals surface area (Å²) in [6, 6.07) is 6.51. The molecule has 1 N–H and O–H groups in total. The van der Waals surface area contributed by atoms with Gasteiger partial charge in [-0.1, -0.05) is 30.7 Å². The van der Waals surface area contributed by atoms with Crippen molar-refractivity contribution in [3.05, 3.63) is 29.3 Å². The Balaban J connectivity index is 2.86. The van der Waals surface area contributed by atoms with Gasteiger partial charge in [-0.2, -0.15) is 0 Å². The molecule has 0 spiro atoms. The van der Waals surface area contributed by atoms with Crippen LogP contribution >= 0.6 is 11.6 Å². The molecule has 0 atom stereocenters. The van der Waals surface area contributed by atoms with Crippen LogP contribution in [-0.2, 0) is 20.0 Å². The summed E-state index contributed by atoms with van der Waals surface area (Å²) in [7, 11) is -6.93. The van der Waals surface area contributed by atoms with Gasteiger partial charge in [0, 0.05) is 13.1 Å². The van der Waals surface area contributed by atoms with Crippen LogP contribution in [0, 0.1) is 0 Å². The molecule has 0 bridgehead atoms. The highest BCUT2D eigenvalue weighted by Crippen LogP contribution is 2.26. The van der Waals surface area contributed by atoms with Crippen molar-refractivity contribution in [2.24, 2.45) is 0 Å². The number of nitrogens with zero attached hydrogens (tertiary/aromatic N) is 1. The fraction of sp³-hybridized carbons (Fsp3) is 0.500. The van der Waals surface area contributed by atoms with E-state index in [1.165, 1.54) is 0 Å². The van der Waals surface area contributed by atoms with E-state index >= 15 is 0 Å². The maximum absolute atomic E-state index is 11.9. The second-order valence-corrected chi connectivity index (χ2v) is 8.74.